The SMILES string of the molecule is CCOc1cc2occ(-c3ccc(F)cc3)c2cc1/C(C)=C/C(=O)Nc1ccccc1. The Kier molecular flexibility index (Phi) is 5.85. The number of para-hydroxylation sites is 1. The van der Waals surface area contributed by atoms with Crippen LogP contribution in [0.5, 0.6) is 5.75 Å². The zero-order valence-corrected chi connectivity index (χ0v) is 17.3. The number of carbonyl (C=O) groups excluding carboxylic acids is 1. The van der Waals surface area contributed by atoms with Gasteiger partial charge in [0.15, 0.2) is 0 Å². The number of fused-ring (bicyclic) bond motifs is 1. The predicted molar refractivity (Wildman–Crippen MR) is 121 cm³/mol. The lowest BCUT2D eigenvalue weighted by molar-refractivity contribution is -0.111. The topological polar surface area (TPSA) is 51.5 Å². The Balaban J connectivity index is 1.74. The van der Waals surface area contributed by atoms with Crippen molar-refractivity contribution < 1.29 is 18.3 Å². The van der Waals surface area contributed by atoms with E-state index in [1.54, 1.807) is 24.5 Å². The van der Waals surface area contributed by atoms with Crippen LogP contribution in [0.4, 0.5) is 10.1 Å². The fourth-order valence-corrected chi connectivity index (χ4v) is 3.47. The number of halogens is 1. The summed E-state index contributed by atoms with van der Waals surface area (Å²) in [5.74, 6) is 0.118. The van der Waals surface area contributed by atoms with Crippen molar-refractivity contribution in [1.29, 1.82) is 0 Å². The van der Waals surface area contributed by atoms with Crippen LogP contribution in [0.2, 0.25) is 0 Å². The lowest BCUT2D eigenvalue weighted by Gasteiger charge is -2.12. The maximum absolute atomic E-state index is 13.3. The van der Waals surface area contributed by atoms with E-state index in [9.17, 15) is 9.18 Å². The van der Waals surface area contributed by atoms with E-state index in [0.717, 1.165) is 33.3 Å². The van der Waals surface area contributed by atoms with Gasteiger partial charge in [0.1, 0.15) is 17.1 Å². The van der Waals surface area contributed by atoms with E-state index in [-0.39, 0.29) is 11.7 Å². The maximum atomic E-state index is 13.3. The first kappa shape index (κ1) is 20.4. The minimum atomic E-state index is -0.293. The summed E-state index contributed by atoms with van der Waals surface area (Å²) in [5.41, 5.74) is 4.63. The third-order valence-electron chi connectivity index (χ3n) is 4.94. The van der Waals surface area contributed by atoms with Gasteiger partial charge in [-0.1, -0.05) is 30.3 Å². The van der Waals surface area contributed by atoms with Crippen LogP contribution in [0.15, 0.2) is 83.5 Å². The summed E-state index contributed by atoms with van der Waals surface area (Å²) < 4.78 is 24.9. The molecule has 0 fully saturated rings. The average molecular weight is 415 g/mol. The van der Waals surface area contributed by atoms with Gasteiger partial charge in [0, 0.05) is 34.3 Å². The summed E-state index contributed by atoms with van der Waals surface area (Å²) in [6.07, 6.45) is 3.20. The van der Waals surface area contributed by atoms with E-state index in [1.807, 2.05) is 56.3 Å². The molecule has 0 unspecified atom stereocenters. The monoisotopic (exact) mass is 415 g/mol. The Morgan fingerprint density at radius 3 is 2.55 bits per heavy atom. The second-order valence-corrected chi connectivity index (χ2v) is 7.12. The highest BCUT2D eigenvalue weighted by molar-refractivity contribution is 6.05. The Bertz CT molecular complexity index is 1240. The first-order chi connectivity index (χ1) is 15.0. The zero-order chi connectivity index (χ0) is 21.8. The van der Waals surface area contributed by atoms with Gasteiger partial charge in [-0.2, -0.15) is 0 Å². The molecule has 0 aliphatic rings. The van der Waals surface area contributed by atoms with Gasteiger partial charge in [-0.25, -0.2) is 4.39 Å². The van der Waals surface area contributed by atoms with Gasteiger partial charge in [0.05, 0.1) is 12.9 Å². The van der Waals surface area contributed by atoms with Crippen LogP contribution in [0.25, 0.3) is 27.7 Å². The lowest BCUT2D eigenvalue weighted by atomic mass is 9.99. The molecule has 0 atom stereocenters. The molecule has 1 heterocycles. The fourth-order valence-electron chi connectivity index (χ4n) is 3.47. The number of benzene rings is 3. The van der Waals surface area contributed by atoms with Gasteiger partial charge in [0.2, 0.25) is 5.91 Å². The normalized spacial score (nSPS) is 11.5. The molecule has 5 heteroatoms. The Morgan fingerprint density at radius 2 is 1.84 bits per heavy atom. The van der Waals surface area contributed by atoms with Gasteiger partial charge in [-0.05, 0) is 55.3 Å². The van der Waals surface area contributed by atoms with Gasteiger partial charge in [-0.3, -0.25) is 4.79 Å². The molecule has 156 valence electrons. The van der Waals surface area contributed by atoms with Crippen molar-refractivity contribution in [2.75, 3.05) is 11.9 Å². The van der Waals surface area contributed by atoms with E-state index >= 15 is 0 Å². The molecule has 0 saturated carbocycles. The van der Waals surface area contributed by atoms with Crippen molar-refractivity contribution in [2.24, 2.45) is 0 Å². The number of hydrogen-bond acceptors (Lipinski definition) is 3. The molecule has 1 N–H and O–H groups in total. The highest BCUT2D eigenvalue weighted by Crippen LogP contribution is 2.37. The van der Waals surface area contributed by atoms with Crippen molar-refractivity contribution in [3.8, 4) is 16.9 Å². The van der Waals surface area contributed by atoms with E-state index < -0.39 is 0 Å². The molecule has 0 spiro atoms. The zero-order valence-electron chi connectivity index (χ0n) is 17.3. The van der Waals surface area contributed by atoms with Gasteiger partial charge >= 0.3 is 0 Å². The van der Waals surface area contributed by atoms with E-state index in [1.165, 1.54) is 12.1 Å². The fraction of sp³-hybridized carbons (Fsp3) is 0.115. The second-order valence-electron chi connectivity index (χ2n) is 7.12. The van der Waals surface area contributed by atoms with Crippen LogP contribution in [-0.4, -0.2) is 12.5 Å². The summed E-state index contributed by atoms with van der Waals surface area (Å²) >= 11 is 0. The van der Waals surface area contributed by atoms with Crippen LogP contribution in [0.1, 0.15) is 19.4 Å². The van der Waals surface area contributed by atoms with E-state index in [2.05, 4.69) is 5.32 Å². The van der Waals surface area contributed by atoms with E-state index in [0.29, 0.717) is 17.9 Å². The highest BCUT2D eigenvalue weighted by Gasteiger charge is 2.15. The third kappa shape index (κ3) is 4.51. The summed E-state index contributed by atoms with van der Waals surface area (Å²) in [5, 5.41) is 3.72. The molecule has 1 amide bonds. The maximum Gasteiger partial charge on any atom is 0.248 e. The molecular weight excluding hydrogens is 393 g/mol. The average Bonchev–Trinajstić information content (AvgIpc) is 3.17. The number of rotatable bonds is 6. The molecule has 1 aromatic heterocycles. The number of amides is 1. The standard InChI is InChI=1S/C26H22FNO3/c1-3-30-24-15-25-22(23(16-31-25)18-9-11-19(27)12-10-18)14-21(24)17(2)13-26(29)28-20-7-5-4-6-8-20/h4-16H,3H2,1-2H3,(H,28,29)/b17-13+. The molecule has 4 nitrogen and oxygen atoms in total. The minimum Gasteiger partial charge on any atom is -0.493 e. The minimum absolute atomic E-state index is 0.225. The number of anilines is 1. The quantitative estimate of drug-likeness (QED) is 0.357. The number of carbonyl (C=O) groups is 1. The number of hydrogen-bond donors (Lipinski definition) is 1. The van der Waals surface area contributed by atoms with E-state index in [4.69, 9.17) is 9.15 Å². The van der Waals surface area contributed by atoms with Crippen molar-refractivity contribution in [1.82, 2.24) is 0 Å². The van der Waals surface area contributed by atoms with Crippen LogP contribution < -0.4 is 10.1 Å². The Labute approximate surface area is 180 Å². The number of allylic oxidation sites excluding steroid dienone is 1. The predicted octanol–water partition coefficient (Wildman–Crippen LogP) is 6.68. The number of ether oxygens (including phenoxy) is 1. The highest BCUT2D eigenvalue weighted by atomic mass is 19.1. The molecule has 4 aromatic rings. The summed E-state index contributed by atoms with van der Waals surface area (Å²) in [6.45, 7) is 4.25. The van der Waals surface area contributed by atoms with Crippen LogP contribution in [-0.2, 0) is 4.79 Å². The van der Waals surface area contributed by atoms with Crippen LogP contribution in [0, 0.1) is 5.82 Å². The van der Waals surface area contributed by atoms with Gasteiger partial charge in [0.25, 0.3) is 0 Å². The Morgan fingerprint density at radius 1 is 1.10 bits per heavy atom. The largest absolute Gasteiger partial charge is 0.493 e. The van der Waals surface area contributed by atoms with Crippen molar-refractivity contribution in [3.63, 3.8) is 0 Å². The van der Waals surface area contributed by atoms with Crippen LogP contribution >= 0.6 is 0 Å². The van der Waals surface area contributed by atoms with Crippen LogP contribution in [0.3, 0.4) is 0 Å². The molecule has 0 saturated heterocycles. The smallest absolute Gasteiger partial charge is 0.248 e. The van der Waals surface area contributed by atoms with Crippen molar-refractivity contribution in [3.05, 3.63) is 90.4 Å². The first-order valence-electron chi connectivity index (χ1n) is 10.0. The molecule has 3 aromatic carbocycles. The first-order valence-corrected chi connectivity index (χ1v) is 10.0. The molecule has 0 aliphatic carbocycles. The molecule has 4 rings (SSSR count). The van der Waals surface area contributed by atoms with Crippen molar-refractivity contribution in [2.45, 2.75) is 13.8 Å². The lowest BCUT2D eigenvalue weighted by Crippen LogP contribution is -2.08. The van der Waals surface area contributed by atoms with Gasteiger partial charge in [-0.15, -0.1) is 0 Å². The second kappa shape index (κ2) is 8.88. The molecule has 0 aliphatic heterocycles. The number of furan rings is 1. The summed E-state index contributed by atoms with van der Waals surface area (Å²) in [4.78, 5) is 12.5. The summed E-state index contributed by atoms with van der Waals surface area (Å²) in [6, 6.07) is 19.3. The third-order valence-corrected chi connectivity index (χ3v) is 4.94. The van der Waals surface area contributed by atoms with Gasteiger partial charge < -0.3 is 14.5 Å². The summed E-state index contributed by atoms with van der Waals surface area (Å²) in [7, 11) is 0. The molecular formula is C26H22FNO3. The number of nitrogens with one attached hydrogen (secondary N) is 1. The molecule has 31 heavy (non-hydrogen) atoms. The molecule has 0 bridgehead atoms. The Hall–Kier alpha value is -3.86. The van der Waals surface area contributed by atoms with Crippen molar-refractivity contribution >= 4 is 28.1 Å². The molecule has 0 radical (unpaired) electrons.